The summed E-state index contributed by atoms with van der Waals surface area (Å²) in [5, 5.41) is 5.31. The summed E-state index contributed by atoms with van der Waals surface area (Å²) in [6.45, 7) is 2.93. The molecule has 142 valence electrons. The van der Waals surface area contributed by atoms with E-state index in [-0.39, 0.29) is 5.91 Å². The Morgan fingerprint density at radius 3 is 2.11 bits per heavy atom. The van der Waals surface area contributed by atoms with E-state index in [1.165, 1.54) is 13.8 Å². The van der Waals surface area contributed by atoms with Crippen LogP contribution in [0.3, 0.4) is 0 Å². The maximum Gasteiger partial charge on any atom is 0.338 e. The highest BCUT2D eigenvalue weighted by molar-refractivity contribution is 5.98. The van der Waals surface area contributed by atoms with Crippen molar-refractivity contribution in [2.45, 2.75) is 20.0 Å². The molecule has 7 heteroatoms. The van der Waals surface area contributed by atoms with E-state index >= 15 is 0 Å². The molecule has 0 radical (unpaired) electrons. The number of benzene rings is 2. The van der Waals surface area contributed by atoms with Crippen molar-refractivity contribution in [3.8, 4) is 0 Å². The summed E-state index contributed by atoms with van der Waals surface area (Å²) < 4.78 is 5.26. The number of anilines is 3. The van der Waals surface area contributed by atoms with Gasteiger partial charge in [0.2, 0.25) is 5.91 Å². The maximum absolute atomic E-state index is 12.3. The molecule has 0 fully saturated rings. The smallest absolute Gasteiger partial charge is 0.338 e. The molecule has 27 heavy (non-hydrogen) atoms. The van der Waals surface area contributed by atoms with E-state index in [0.29, 0.717) is 16.9 Å². The summed E-state index contributed by atoms with van der Waals surface area (Å²) in [4.78, 5) is 37.4. The van der Waals surface area contributed by atoms with Crippen molar-refractivity contribution in [1.82, 2.24) is 0 Å². The minimum Gasteiger partial charge on any atom is -0.449 e. The van der Waals surface area contributed by atoms with Gasteiger partial charge in [-0.3, -0.25) is 9.59 Å². The van der Waals surface area contributed by atoms with E-state index in [0.717, 1.165) is 5.69 Å². The molecule has 0 aromatic heterocycles. The average molecular weight is 369 g/mol. The van der Waals surface area contributed by atoms with Crippen LogP contribution in [0.2, 0.25) is 0 Å². The lowest BCUT2D eigenvalue weighted by atomic mass is 10.2. The predicted octanol–water partition coefficient (Wildman–Crippen LogP) is 2.90. The highest BCUT2D eigenvalue weighted by Crippen LogP contribution is 2.16. The molecule has 0 unspecified atom stereocenters. The Bertz CT molecular complexity index is 831. The van der Waals surface area contributed by atoms with Crippen molar-refractivity contribution in [2.75, 3.05) is 29.6 Å². The molecule has 0 bridgehead atoms. The van der Waals surface area contributed by atoms with E-state index in [1.807, 2.05) is 25.1 Å². The Hall–Kier alpha value is -3.35. The van der Waals surface area contributed by atoms with Crippen LogP contribution in [0.15, 0.2) is 48.5 Å². The molecule has 2 N–H and O–H groups in total. The highest BCUT2D eigenvalue weighted by atomic mass is 16.5. The summed E-state index contributed by atoms with van der Waals surface area (Å²) in [5.74, 6) is -1.19. The van der Waals surface area contributed by atoms with Crippen molar-refractivity contribution in [2.24, 2.45) is 0 Å². The number of nitrogens with one attached hydrogen (secondary N) is 2. The van der Waals surface area contributed by atoms with Gasteiger partial charge in [-0.05, 0) is 49.4 Å². The molecule has 7 nitrogen and oxygen atoms in total. The van der Waals surface area contributed by atoms with Crippen LogP contribution < -0.4 is 15.5 Å². The Labute approximate surface area is 158 Å². The van der Waals surface area contributed by atoms with Crippen LogP contribution in [0.1, 0.15) is 24.2 Å². The summed E-state index contributed by atoms with van der Waals surface area (Å²) in [5.41, 5.74) is 2.40. The summed E-state index contributed by atoms with van der Waals surface area (Å²) in [6.07, 6.45) is -0.962. The van der Waals surface area contributed by atoms with Gasteiger partial charge in [0.25, 0.3) is 5.91 Å². The zero-order chi connectivity index (χ0) is 20.0. The van der Waals surface area contributed by atoms with Crippen molar-refractivity contribution in [3.05, 3.63) is 54.1 Å². The number of amides is 2. The van der Waals surface area contributed by atoms with Gasteiger partial charge in [-0.2, -0.15) is 0 Å². The molecule has 0 heterocycles. The Morgan fingerprint density at radius 1 is 0.963 bits per heavy atom. The number of hydrogen-bond donors (Lipinski definition) is 2. The zero-order valence-corrected chi connectivity index (χ0v) is 15.8. The number of hydrogen-bond acceptors (Lipinski definition) is 5. The van der Waals surface area contributed by atoms with E-state index in [2.05, 4.69) is 10.6 Å². The lowest BCUT2D eigenvalue weighted by molar-refractivity contribution is -0.123. The molecule has 0 aliphatic heterocycles. The van der Waals surface area contributed by atoms with Gasteiger partial charge in [0.05, 0.1) is 5.56 Å². The monoisotopic (exact) mass is 369 g/mol. The summed E-state index contributed by atoms with van der Waals surface area (Å²) in [7, 11) is 3.75. The van der Waals surface area contributed by atoms with E-state index in [1.54, 1.807) is 42.5 Å². The van der Waals surface area contributed by atoms with Gasteiger partial charge < -0.3 is 20.3 Å². The van der Waals surface area contributed by atoms with Gasteiger partial charge in [0.15, 0.2) is 6.10 Å². The van der Waals surface area contributed by atoms with Gasteiger partial charge >= 0.3 is 5.97 Å². The number of ether oxygens (including phenoxy) is 1. The maximum atomic E-state index is 12.3. The fraction of sp³-hybridized carbons (Fsp3) is 0.250. The Balaban J connectivity index is 1.96. The van der Waals surface area contributed by atoms with Crippen LogP contribution in [0.4, 0.5) is 17.1 Å². The predicted molar refractivity (Wildman–Crippen MR) is 105 cm³/mol. The zero-order valence-electron chi connectivity index (χ0n) is 15.8. The van der Waals surface area contributed by atoms with Crippen molar-refractivity contribution >= 4 is 34.8 Å². The fourth-order valence-electron chi connectivity index (χ4n) is 2.28. The quantitative estimate of drug-likeness (QED) is 0.765. The Morgan fingerprint density at radius 2 is 1.56 bits per heavy atom. The first-order valence-corrected chi connectivity index (χ1v) is 8.43. The van der Waals surface area contributed by atoms with Gasteiger partial charge in [0, 0.05) is 38.1 Å². The lowest BCUT2D eigenvalue weighted by Crippen LogP contribution is -2.30. The third-order valence-electron chi connectivity index (χ3n) is 3.72. The van der Waals surface area contributed by atoms with Crippen molar-refractivity contribution in [1.29, 1.82) is 0 Å². The van der Waals surface area contributed by atoms with Gasteiger partial charge in [0.1, 0.15) is 0 Å². The number of nitrogens with zero attached hydrogens (tertiary/aromatic N) is 1. The van der Waals surface area contributed by atoms with Crippen molar-refractivity contribution < 1.29 is 19.1 Å². The molecule has 0 saturated heterocycles. The third-order valence-corrected chi connectivity index (χ3v) is 3.72. The molecule has 2 rings (SSSR count). The van der Waals surface area contributed by atoms with Crippen LogP contribution in [0.5, 0.6) is 0 Å². The molecular weight excluding hydrogens is 346 g/mol. The van der Waals surface area contributed by atoms with Crippen LogP contribution in [0, 0.1) is 0 Å². The molecule has 0 spiro atoms. The normalized spacial score (nSPS) is 11.3. The van der Waals surface area contributed by atoms with E-state index < -0.39 is 18.0 Å². The first-order valence-electron chi connectivity index (χ1n) is 8.43. The number of carbonyl (C=O) groups excluding carboxylic acids is 3. The van der Waals surface area contributed by atoms with E-state index in [4.69, 9.17) is 4.74 Å². The molecule has 2 aromatic carbocycles. The van der Waals surface area contributed by atoms with Gasteiger partial charge in [-0.25, -0.2) is 4.79 Å². The van der Waals surface area contributed by atoms with E-state index in [9.17, 15) is 14.4 Å². The molecule has 2 aromatic rings. The highest BCUT2D eigenvalue weighted by Gasteiger charge is 2.19. The molecule has 0 saturated carbocycles. The molecule has 2 amide bonds. The Kier molecular flexibility index (Phi) is 6.54. The topological polar surface area (TPSA) is 87.7 Å². The van der Waals surface area contributed by atoms with Crippen molar-refractivity contribution in [3.63, 3.8) is 0 Å². The number of esters is 1. The summed E-state index contributed by atoms with van der Waals surface area (Å²) >= 11 is 0. The van der Waals surface area contributed by atoms with Gasteiger partial charge in [-0.15, -0.1) is 0 Å². The first-order chi connectivity index (χ1) is 12.8. The van der Waals surface area contributed by atoms with Gasteiger partial charge in [-0.1, -0.05) is 6.07 Å². The van der Waals surface area contributed by atoms with Crippen LogP contribution in [-0.2, 0) is 14.3 Å². The fourth-order valence-corrected chi connectivity index (χ4v) is 2.28. The molecule has 0 aliphatic rings. The largest absolute Gasteiger partial charge is 0.449 e. The molecule has 1 atom stereocenters. The average Bonchev–Trinajstić information content (AvgIpc) is 2.62. The van der Waals surface area contributed by atoms with Crippen LogP contribution in [0.25, 0.3) is 0 Å². The van der Waals surface area contributed by atoms with Crippen LogP contribution >= 0.6 is 0 Å². The molecular formula is C20H23N3O4. The minimum atomic E-state index is -0.962. The third kappa shape index (κ3) is 5.85. The SMILES string of the molecule is CC(=O)Nc1ccc(NC(=O)[C@H](C)OC(=O)c2cccc(N(C)C)c2)cc1. The second kappa shape index (κ2) is 8.84. The lowest BCUT2D eigenvalue weighted by Gasteiger charge is -2.16. The first kappa shape index (κ1) is 20.0. The number of rotatable bonds is 6. The second-order valence-electron chi connectivity index (χ2n) is 6.24. The molecule has 0 aliphatic carbocycles. The number of carbonyl (C=O) groups is 3. The summed E-state index contributed by atoms with van der Waals surface area (Å²) in [6, 6.07) is 13.6. The van der Waals surface area contributed by atoms with Crippen LogP contribution in [-0.4, -0.2) is 38.0 Å². The standard InChI is InChI=1S/C20H23N3O4/c1-13(27-20(26)15-6-5-7-18(12-15)23(3)4)19(25)22-17-10-8-16(9-11-17)21-14(2)24/h5-13H,1-4H3,(H,21,24)(H,22,25)/t13-/m0/s1. The second-order valence-corrected chi connectivity index (χ2v) is 6.24. The minimum absolute atomic E-state index is 0.175.